The molecule has 0 bridgehead atoms. The summed E-state index contributed by atoms with van der Waals surface area (Å²) in [5.74, 6) is 0. The molecule has 0 unspecified atom stereocenters. The molecular weight excluding hydrogens is 313 g/mol. The predicted octanol–water partition coefficient (Wildman–Crippen LogP) is 4.10. The predicted molar refractivity (Wildman–Crippen MR) is 101 cm³/mol. The molecule has 1 aromatic heterocycles. The molecule has 24 heavy (non-hydrogen) atoms. The highest BCUT2D eigenvalue weighted by Crippen LogP contribution is 2.33. The lowest BCUT2D eigenvalue weighted by atomic mass is 10.2. The van der Waals surface area contributed by atoms with Gasteiger partial charge in [-0.15, -0.1) is 0 Å². The summed E-state index contributed by atoms with van der Waals surface area (Å²) in [4.78, 5) is 4.27. The van der Waals surface area contributed by atoms with Crippen molar-refractivity contribution in [3.8, 4) is 11.3 Å². The fourth-order valence-corrected chi connectivity index (χ4v) is 5.10. The smallest absolute Gasteiger partial charge is 0.181 e. The van der Waals surface area contributed by atoms with Crippen LogP contribution in [0.1, 0.15) is 0 Å². The van der Waals surface area contributed by atoms with Gasteiger partial charge in [0.1, 0.15) is 12.0 Å². The van der Waals surface area contributed by atoms with Crippen LogP contribution in [0.15, 0.2) is 102 Å². The molecule has 0 spiro atoms. The van der Waals surface area contributed by atoms with Crippen molar-refractivity contribution in [2.24, 2.45) is 0 Å². The van der Waals surface area contributed by atoms with E-state index in [-0.39, 0.29) is 0 Å². The molecule has 4 rings (SSSR count). The zero-order valence-electron chi connectivity index (χ0n) is 13.0. The Morgan fingerprint density at radius 2 is 1.29 bits per heavy atom. The summed E-state index contributed by atoms with van der Waals surface area (Å²) in [7, 11) is -0.596. The van der Waals surface area contributed by atoms with Crippen LogP contribution in [0.5, 0.6) is 0 Å². The Morgan fingerprint density at radius 1 is 0.667 bits per heavy atom. The Kier molecular flexibility index (Phi) is 4.22. The molecular formula is C21H16NOP. The van der Waals surface area contributed by atoms with Gasteiger partial charge in [-0.2, -0.15) is 0 Å². The van der Waals surface area contributed by atoms with Crippen LogP contribution in [0, 0.1) is 0 Å². The Bertz CT molecular complexity index is 866. The highest BCUT2D eigenvalue weighted by Gasteiger charge is 2.16. The summed E-state index contributed by atoms with van der Waals surface area (Å²) < 4.78 is 5.13. The molecule has 0 fully saturated rings. The summed E-state index contributed by atoms with van der Waals surface area (Å²) in [5, 5.41) is 4.00. The van der Waals surface area contributed by atoms with E-state index in [0.717, 1.165) is 11.3 Å². The molecule has 0 atom stereocenters. The standard InChI is InChI=1S/C21H16NOP/c1-3-9-18(10-4-1)24(19-11-5-2-6-12-19)20-13-7-8-17(14-20)21-15-23-16-22-21/h1-16H. The Hall–Kier alpha value is -2.70. The van der Waals surface area contributed by atoms with Gasteiger partial charge in [-0.3, -0.25) is 0 Å². The molecule has 0 aliphatic carbocycles. The molecule has 116 valence electrons. The van der Waals surface area contributed by atoms with Gasteiger partial charge in [0.15, 0.2) is 6.39 Å². The van der Waals surface area contributed by atoms with Gasteiger partial charge in [0, 0.05) is 5.56 Å². The van der Waals surface area contributed by atoms with Gasteiger partial charge in [-0.1, -0.05) is 78.9 Å². The van der Waals surface area contributed by atoms with Crippen molar-refractivity contribution in [1.29, 1.82) is 0 Å². The topological polar surface area (TPSA) is 26.0 Å². The van der Waals surface area contributed by atoms with Gasteiger partial charge in [0.05, 0.1) is 0 Å². The zero-order chi connectivity index (χ0) is 16.2. The second-order valence-electron chi connectivity index (χ2n) is 5.43. The van der Waals surface area contributed by atoms with E-state index >= 15 is 0 Å². The Balaban J connectivity index is 1.84. The summed E-state index contributed by atoms with van der Waals surface area (Å²) in [6.07, 6.45) is 3.16. The number of hydrogen-bond acceptors (Lipinski definition) is 2. The van der Waals surface area contributed by atoms with Crippen LogP contribution in [0.3, 0.4) is 0 Å². The molecule has 2 nitrogen and oxygen atoms in total. The maximum absolute atomic E-state index is 5.13. The molecule has 3 aromatic carbocycles. The van der Waals surface area contributed by atoms with Gasteiger partial charge in [0.25, 0.3) is 0 Å². The number of oxazole rings is 1. The maximum Gasteiger partial charge on any atom is 0.181 e. The number of aromatic nitrogens is 1. The highest BCUT2D eigenvalue weighted by molar-refractivity contribution is 7.79. The van der Waals surface area contributed by atoms with E-state index in [4.69, 9.17) is 4.42 Å². The fourth-order valence-electron chi connectivity index (χ4n) is 2.76. The molecule has 0 radical (unpaired) electrons. The average Bonchev–Trinajstić information content (AvgIpc) is 3.19. The lowest BCUT2D eigenvalue weighted by molar-refractivity contribution is 0.558. The molecule has 1 heterocycles. The Labute approximate surface area is 142 Å². The molecule has 0 saturated carbocycles. The van der Waals surface area contributed by atoms with Crippen molar-refractivity contribution in [3.05, 3.63) is 97.6 Å². The SMILES string of the molecule is c1ccc(P(c2ccccc2)c2cccc(-c3cocn3)c2)cc1. The minimum Gasteiger partial charge on any atom is -0.451 e. The first kappa shape index (κ1) is 14.9. The van der Waals surface area contributed by atoms with E-state index in [1.54, 1.807) is 6.26 Å². The second kappa shape index (κ2) is 6.82. The van der Waals surface area contributed by atoms with Gasteiger partial charge in [0.2, 0.25) is 0 Å². The first-order valence-electron chi connectivity index (χ1n) is 7.81. The number of nitrogens with zero attached hydrogens (tertiary/aromatic N) is 1. The monoisotopic (exact) mass is 329 g/mol. The van der Waals surface area contributed by atoms with E-state index in [9.17, 15) is 0 Å². The van der Waals surface area contributed by atoms with Crippen molar-refractivity contribution < 1.29 is 4.42 Å². The molecule has 3 heteroatoms. The number of hydrogen-bond donors (Lipinski definition) is 0. The number of benzene rings is 3. The third kappa shape index (κ3) is 3.02. The number of rotatable bonds is 4. The fraction of sp³-hybridized carbons (Fsp3) is 0. The second-order valence-corrected chi connectivity index (χ2v) is 7.65. The van der Waals surface area contributed by atoms with Gasteiger partial charge in [-0.05, 0) is 29.9 Å². The van der Waals surface area contributed by atoms with Crippen molar-refractivity contribution >= 4 is 23.8 Å². The van der Waals surface area contributed by atoms with Crippen LogP contribution >= 0.6 is 7.92 Å². The largest absolute Gasteiger partial charge is 0.451 e. The van der Waals surface area contributed by atoms with E-state index in [0.29, 0.717) is 0 Å². The zero-order valence-corrected chi connectivity index (χ0v) is 13.9. The van der Waals surface area contributed by atoms with Gasteiger partial charge >= 0.3 is 0 Å². The van der Waals surface area contributed by atoms with Crippen LogP contribution in [-0.2, 0) is 0 Å². The molecule has 0 saturated heterocycles. The quantitative estimate of drug-likeness (QED) is 0.527. The van der Waals surface area contributed by atoms with Crippen molar-refractivity contribution in [1.82, 2.24) is 4.98 Å². The minimum atomic E-state index is -0.596. The molecule has 0 amide bonds. The summed E-state index contributed by atoms with van der Waals surface area (Å²) in [6.45, 7) is 0. The van der Waals surface area contributed by atoms with Crippen LogP contribution in [0.25, 0.3) is 11.3 Å². The highest BCUT2D eigenvalue weighted by atomic mass is 31.1. The summed E-state index contributed by atoms with van der Waals surface area (Å²) >= 11 is 0. The molecule has 4 aromatic rings. The van der Waals surface area contributed by atoms with Crippen LogP contribution in [-0.4, -0.2) is 4.98 Å². The Morgan fingerprint density at radius 3 is 1.88 bits per heavy atom. The lowest BCUT2D eigenvalue weighted by Crippen LogP contribution is -2.20. The van der Waals surface area contributed by atoms with Crippen molar-refractivity contribution in [2.75, 3.05) is 0 Å². The van der Waals surface area contributed by atoms with E-state index in [1.165, 1.54) is 22.3 Å². The van der Waals surface area contributed by atoms with Crippen LogP contribution < -0.4 is 15.9 Å². The van der Waals surface area contributed by atoms with Crippen molar-refractivity contribution in [3.63, 3.8) is 0 Å². The molecule has 0 N–H and O–H groups in total. The first-order chi connectivity index (χ1) is 11.9. The summed E-state index contributed by atoms with van der Waals surface area (Å²) in [5.41, 5.74) is 1.95. The maximum atomic E-state index is 5.13. The van der Waals surface area contributed by atoms with Gasteiger partial charge < -0.3 is 4.42 Å². The van der Waals surface area contributed by atoms with E-state index in [1.807, 2.05) is 0 Å². The molecule has 0 aliphatic heterocycles. The van der Waals surface area contributed by atoms with E-state index in [2.05, 4.69) is 89.9 Å². The first-order valence-corrected chi connectivity index (χ1v) is 9.15. The summed E-state index contributed by atoms with van der Waals surface area (Å²) in [6, 6.07) is 30.0. The van der Waals surface area contributed by atoms with Gasteiger partial charge in [-0.25, -0.2) is 4.98 Å². The normalized spacial score (nSPS) is 10.9. The van der Waals surface area contributed by atoms with Crippen LogP contribution in [0.4, 0.5) is 0 Å². The van der Waals surface area contributed by atoms with E-state index < -0.39 is 7.92 Å². The average molecular weight is 329 g/mol. The van der Waals surface area contributed by atoms with Crippen molar-refractivity contribution in [2.45, 2.75) is 0 Å². The third-order valence-electron chi connectivity index (χ3n) is 3.86. The minimum absolute atomic E-state index is 0.596. The molecule has 0 aliphatic rings. The van der Waals surface area contributed by atoms with Crippen LogP contribution in [0.2, 0.25) is 0 Å². The third-order valence-corrected chi connectivity index (χ3v) is 6.28. The lowest BCUT2D eigenvalue weighted by Gasteiger charge is -2.19.